The molecular formula is C19H23NO2. The van der Waals surface area contributed by atoms with Crippen LogP contribution in [0.25, 0.3) is 0 Å². The molecule has 0 aliphatic carbocycles. The molecule has 1 aliphatic heterocycles. The van der Waals surface area contributed by atoms with Gasteiger partial charge in [-0.15, -0.1) is 0 Å². The maximum absolute atomic E-state index is 10.3. The first-order chi connectivity index (χ1) is 10.6. The topological polar surface area (TPSA) is 41.5 Å². The Balaban J connectivity index is 1.87. The van der Waals surface area contributed by atoms with Crippen molar-refractivity contribution in [3.8, 4) is 11.5 Å². The van der Waals surface area contributed by atoms with E-state index >= 15 is 0 Å². The molecule has 1 fully saturated rings. The minimum Gasteiger partial charge on any atom is -0.508 e. The van der Waals surface area contributed by atoms with Gasteiger partial charge in [-0.3, -0.25) is 0 Å². The van der Waals surface area contributed by atoms with Crippen molar-refractivity contribution in [2.75, 3.05) is 13.1 Å². The highest BCUT2D eigenvalue weighted by molar-refractivity contribution is 5.49. The second kappa shape index (κ2) is 6.41. The van der Waals surface area contributed by atoms with Crippen LogP contribution in [-0.2, 0) is 6.61 Å². The third-order valence-corrected chi connectivity index (χ3v) is 4.24. The van der Waals surface area contributed by atoms with Gasteiger partial charge in [-0.1, -0.05) is 44.2 Å². The van der Waals surface area contributed by atoms with Gasteiger partial charge in [0, 0.05) is 30.1 Å². The summed E-state index contributed by atoms with van der Waals surface area (Å²) in [6, 6.07) is 14.1. The molecule has 1 heterocycles. The molecule has 1 saturated heterocycles. The van der Waals surface area contributed by atoms with Gasteiger partial charge in [0.15, 0.2) is 0 Å². The van der Waals surface area contributed by atoms with Gasteiger partial charge in [0.25, 0.3) is 0 Å². The number of phenolic OH excluding ortho intramolecular Hbond substituents is 1. The number of rotatable bonds is 5. The summed E-state index contributed by atoms with van der Waals surface area (Å²) in [5.41, 5.74) is 3.20. The lowest BCUT2D eigenvalue weighted by Gasteiger charge is -2.30. The van der Waals surface area contributed by atoms with Crippen molar-refractivity contribution >= 4 is 0 Å². The van der Waals surface area contributed by atoms with Gasteiger partial charge in [-0.25, -0.2) is 0 Å². The zero-order valence-corrected chi connectivity index (χ0v) is 13.2. The Labute approximate surface area is 131 Å². The van der Waals surface area contributed by atoms with E-state index in [1.807, 2.05) is 30.3 Å². The molecule has 2 aromatic carbocycles. The van der Waals surface area contributed by atoms with Crippen LogP contribution in [0.3, 0.4) is 0 Å². The molecular weight excluding hydrogens is 274 g/mol. The van der Waals surface area contributed by atoms with Crippen LogP contribution in [0.5, 0.6) is 11.5 Å². The lowest BCUT2D eigenvalue weighted by Crippen LogP contribution is -2.40. The van der Waals surface area contributed by atoms with Gasteiger partial charge in [0.1, 0.15) is 18.1 Å². The summed E-state index contributed by atoms with van der Waals surface area (Å²) in [5.74, 6) is 1.98. The average Bonchev–Trinajstić information content (AvgIpc) is 2.45. The fourth-order valence-corrected chi connectivity index (χ4v) is 2.75. The Hall–Kier alpha value is -2.00. The van der Waals surface area contributed by atoms with Crippen LogP contribution in [0.2, 0.25) is 0 Å². The molecule has 0 aromatic heterocycles. The summed E-state index contributed by atoms with van der Waals surface area (Å²) in [6.45, 7) is 6.61. The van der Waals surface area contributed by atoms with Crippen molar-refractivity contribution in [1.29, 1.82) is 0 Å². The predicted molar refractivity (Wildman–Crippen MR) is 88.6 cm³/mol. The molecule has 3 heteroatoms. The predicted octanol–water partition coefficient (Wildman–Crippen LogP) is 3.78. The highest BCUT2D eigenvalue weighted by Crippen LogP contribution is 2.38. The Morgan fingerprint density at radius 1 is 1.18 bits per heavy atom. The largest absolute Gasteiger partial charge is 0.508 e. The first-order valence-electron chi connectivity index (χ1n) is 7.89. The number of ether oxygens (including phenoxy) is 1. The summed E-state index contributed by atoms with van der Waals surface area (Å²) < 4.78 is 6.09. The number of phenols is 1. The maximum Gasteiger partial charge on any atom is 0.123 e. The molecule has 0 amide bonds. The summed E-state index contributed by atoms with van der Waals surface area (Å²) in [5, 5.41) is 13.5. The fourth-order valence-electron chi connectivity index (χ4n) is 2.75. The lowest BCUT2D eigenvalue weighted by atomic mass is 9.90. The molecule has 0 unspecified atom stereocenters. The number of hydrogen-bond acceptors (Lipinski definition) is 3. The summed E-state index contributed by atoms with van der Waals surface area (Å²) in [4.78, 5) is 0. The first-order valence-corrected chi connectivity index (χ1v) is 7.89. The van der Waals surface area contributed by atoms with Crippen molar-refractivity contribution in [2.24, 2.45) is 0 Å². The van der Waals surface area contributed by atoms with E-state index in [-0.39, 0.29) is 5.92 Å². The molecule has 0 atom stereocenters. The van der Waals surface area contributed by atoms with Gasteiger partial charge >= 0.3 is 0 Å². The Morgan fingerprint density at radius 3 is 2.50 bits per heavy atom. The van der Waals surface area contributed by atoms with E-state index in [1.165, 1.54) is 0 Å². The number of benzene rings is 2. The van der Waals surface area contributed by atoms with E-state index in [9.17, 15) is 5.11 Å². The molecule has 1 aliphatic rings. The van der Waals surface area contributed by atoms with Crippen molar-refractivity contribution in [2.45, 2.75) is 32.3 Å². The van der Waals surface area contributed by atoms with Crippen LogP contribution in [0, 0.1) is 0 Å². The van der Waals surface area contributed by atoms with Gasteiger partial charge in [0.2, 0.25) is 0 Å². The quantitative estimate of drug-likeness (QED) is 0.882. The molecule has 116 valence electrons. The minimum absolute atomic E-state index is 0.271. The van der Waals surface area contributed by atoms with E-state index < -0.39 is 0 Å². The van der Waals surface area contributed by atoms with Crippen molar-refractivity contribution in [1.82, 2.24) is 5.32 Å². The fraction of sp³-hybridized carbons (Fsp3) is 0.368. The Morgan fingerprint density at radius 2 is 1.91 bits per heavy atom. The standard InChI is InChI=1S/C19H23NO2/c1-13(2)16-9-19(22-12-14-6-4-3-5-7-14)17(8-18(16)21)15-10-20-11-15/h3-9,13,15,20-21H,10-12H2,1-2H3. The highest BCUT2D eigenvalue weighted by atomic mass is 16.5. The minimum atomic E-state index is 0.271. The van der Waals surface area contributed by atoms with Crippen molar-refractivity contribution in [3.63, 3.8) is 0 Å². The third-order valence-electron chi connectivity index (χ3n) is 4.24. The zero-order valence-electron chi connectivity index (χ0n) is 13.2. The van der Waals surface area contributed by atoms with Crippen LogP contribution < -0.4 is 10.1 Å². The zero-order chi connectivity index (χ0) is 15.5. The molecule has 2 aromatic rings. The molecule has 2 N–H and O–H groups in total. The van der Waals surface area contributed by atoms with Crippen LogP contribution in [0.4, 0.5) is 0 Å². The second-order valence-electron chi connectivity index (χ2n) is 6.23. The molecule has 22 heavy (non-hydrogen) atoms. The smallest absolute Gasteiger partial charge is 0.123 e. The van der Waals surface area contributed by atoms with Crippen molar-refractivity contribution in [3.05, 3.63) is 59.2 Å². The maximum atomic E-state index is 10.3. The Kier molecular flexibility index (Phi) is 4.34. The SMILES string of the molecule is CC(C)c1cc(OCc2ccccc2)c(C2CNC2)cc1O. The number of nitrogens with one attached hydrogen (secondary N) is 1. The Bertz CT molecular complexity index is 633. The lowest BCUT2D eigenvalue weighted by molar-refractivity contribution is 0.294. The van der Waals surface area contributed by atoms with Gasteiger partial charge in [-0.2, -0.15) is 0 Å². The van der Waals surface area contributed by atoms with E-state index in [0.29, 0.717) is 18.3 Å². The van der Waals surface area contributed by atoms with E-state index in [2.05, 4.69) is 31.3 Å². The number of aromatic hydroxyl groups is 1. The van der Waals surface area contributed by atoms with E-state index in [0.717, 1.165) is 35.5 Å². The first kappa shape index (κ1) is 14.9. The molecule has 0 spiro atoms. The molecule has 0 bridgehead atoms. The van der Waals surface area contributed by atoms with Crippen molar-refractivity contribution < 1.29 is 9.84 Å². The highest BCUT2D eigenvalue weighted by Gasteiger charge is 2.24. The molecule has 0 saturated carbocycles. The van der Waals surface area contributed by atoms with Crippen LogP contribution in [0.15, 0.2) is 42.5 Å². The monoisotopic (exact) mass is 297 g/mol. The van der Waals surface area contributed by atoms with Gasteiger partial charge in [0.05, 0.1) is 0 Å². The average molecular weight is 297 g/mol. The molecule has 3 rings (SSSR count). The summed E-state index contributed by atoms with van der Waals surface area (Å²) >= 11 is 0. The molecule has 0 radical (unpaired) electrons. The van der Waals surface area contributed by atoms with E-state index in [4.69, 9.17) is 4.74 Å². The normalized spacial score (nSPS) is 14.9. The van der Waals surface area contributed by atoms with Crippen LogP contribution in [0.1, 0.15) is 42.4 Å². The van der Waals surface area contributed by atoms with Gasteiger partial charge in [-0.05, 0) is 23.6 Å². The summed E-state index contributed by atoms with van der Waals surface area (Å²) in [6.07, 6.45) is 0. The second-order valence-corrected chi connectivity index (χ2v) is 6.23. The van der Waals surface area contributed by atoms with Gasteiger partial charge < -0.3 is 15.2 Å². The summed E-state index contributed by atoms with van der Waals surface area (Å²) in [7, 11) is 0. The molecule has 3 nitrogen and oxygen atoms in total. The third kappa shape index (κ3) is 3.09. The van der Waals surface area contributed by atoms with Crippen LogP contribution in [-0.4, -0.2) is 18.2 Å². The van der Waals surface area contributed by atoms with E-state index in [1.54, 1.807) is 0 Å². The van der Waals surface area contributed by atoms with Crippen LogP contribution >= 0.6 is 0 Å². The number of hydrogen-bond donors (Lipinski definition) is 2.